The lowest BCUT2D eigenvalue weighted by atomic mass is 10.2. The number of rotatable bonds is 5. The Labute approximate surface area is 86.5 Å². The van der Waals surface area contributed by atoms with Crippen LogP contribution in [0.4, 0.5) is 0 Å². The Balaban J connectivity index is 2.32. The Kier molecular flexibility index (Phi) is 4.13. The highest BCUT2D eigenvalue weighted by molar-refractivity contribution is 7.91. The summed E-state index contributed by atoms with van der Waals surface area (Å²) in [5.74, 6) is 0.488. The van der Waals surface area contributed by atoms with Crippen LogP contribution >= 0.6 is 0 Å². The summed E-state index contributed by atoms with van der Waals surface area (Å²) in [6.07, 6.45) is 6.32. The standard InChI is InChI=1S/C10H19NO2S/c1-3-14(12,13)8-9(2)11-10-6-4-5-7-10/h4-5,9-11H,3,6-8H2,1-2H3. The van der Waals surface area contributed by atoms with Gasteiger partial charge in [0.1, 0.15) is 0 Å². The third-order valence-electron chi connectivity index (χ3n) is 2.47. The van der Waals surface area contributed by atoms with Crippen LogP contribution in [-0.2, 0) is 9.84 Å². The van der Waals surface area contributed by atoms with E-state index in [-0.39, 0.29) is 17.5 Å². The van der Waals surface area contributed by atoms with E-state index in [9.17, 15) is 8.42 Å². The summed E-state index contributed by atoms with van der Waals surface area (Å²) in [4.78, 5) is 0. The van der Waals surface area contributed by atoms with Gasteiger partial charge in [0, 0.05) is 17.8 Å². The first-order valence-electron chi connectivity index (χ1n) is 5.15. The first-order chi connectivity index (χ1) is 6.53. The molecule has 1 atom stereocenters. The number of hydrogen-bond acceptors (Lipinski definition) is 3. The minimum absolute atomic E-state index is 0.0600. The van der Waals surface area contributed by atoms with Gasteiger partial charge in [-0.1, -0.05) is 19.1 Å². The molecule has 0 aliphatic heterocycles. The van der Waals surface area contributed by atoms with Crippen molar-refractivity contribution in [2.75, 3.05) is 11.5 Å². The molecule has 0 spiro atoms. The number of sulfone groups is 1. The minimum atomic E-state index is -2.84. The molecule has 82 valence electrons. The van der Waals surface area contributed by atoms with E-state index in [1.54, 1.807) is 6.92 Å². The zero-order chi connectivity index (χ0) is 10.6. The van der Waals surface area contributed by atoms with Crippen LogP contribution in [0.1, 0.15) is 26.7 Å². The van der Waals surface area contributed by atoms with E-state index >= 15 is 0 Å². The maximum absolute atomic E-state index is 11.3. The van der Waals surface area contributed by atoms with E-state index in [2.05, 4.69) is 17.5 Å². The predicted octanol–water partition coefficient (Wildman–Crippen LogP) is 1.12. The zero-order valence-corrected chi connectivity index (χ0v) is 9.68. The normalized spacial score (nSPS) is 20.1. The summed E-state index contributed by atoms with van der Waals surface area (Å²) in [5, 5.41) is 3.33. The van der Waals surface area contributed by atoms with Gasteiger partial charge in [0.15, 0.2) is 9.84 Å². The van der Waals surface area contributed by atoms with Crippen molar-refractivity contribution in [1.29, 1.82) is 0 Å². The minimum Gasteiger partial charge on any atom is -0.310 e. The van der Waals surface area contributed by atoms with Gasteiger partial charge in [0.05, 0.1) is 5.75 Å². The maximum Gasteiger partial charge on any atom is 0.151 e. The molecular weight excluding hydrogens is 198 g/mol. The number of nitrogens with one attached hydrogen (secondary N) is 1. The molecule has 0 heterocycles. The van der Waals surface area contributed by atoms with Crippen molar-refractivity contribution >= 4 is 9.84 Å². The zero-order valence-electron chi connectivity index (χ0n) is 8.86. The second kappa shape index (κ2) is 4.94. The molecule has 0 fully saturated rings. The van der Waals surface area contributed by atoms with E-state index in [0.717, 1.165) is 12.8 Å². The van der Waals surface area contributed by atoms with E-state index in [0.29, 0.717) is 6.04 Å². The molecule has 0 saturated carbocycles. The van der Waals surface area contributed by atoms with Crippen molar-refractivity contribution in [3.8, 4) is 0 Å². The topological polar surface area (TPSA) is 46.2 Å². The summed E-state index contributed by atoms with van der Waals surface area (Å²) in [7, 11) is -2.84. The van der Waals surface area contributed by atoms with Crippen LogP contribution in [0.25, 0.3) is 0 Å². The fourth-order valence-corrected chi connectivity index (χ4v) is 2.80. The third-order valence-corrected chi connectivity index (χ3v) is 4.36. The highest BCUT2D eigenvalue weighted by Crippen LogP contribution is 2.10. The molecule has 1 N–H and O–H groups in total. The first-order valence-corrected chi connectivity index (χ1v) is 6.97. The first kappa shape index (κ1) is 11.7. The molecule has 1 aliphatic rings. The lowest BCUT2D eigenvalue weighted by Gasteiger charge is -2.18. The molecule has 0 aromatic heterocycles. The molecule has 0 aromatic rings. The second-order valence-electron chi connectivity index (χ2n) is 3.91. The molecule has 1 unspecified atom stereocenters. The molecule has 0 radical (unpaired) electrons. The molecule has 1 rings (SSSR count). The predicted molar refractivity (Wildman–Crippen MR) is 59.1 cm³/mol. The van der Waals surface area contributed by atoms with Crippen molar-refractivity contribution in [2.45, 2.75) is 38.8 Å². The van der Waals surface area contributed by atoms with Crippen LogP contribution < -0.4 is 5.32 Å². The quantitative estimate of drug-likeness (QED) is 0.702. The van der Waals surface area contributed by atoms with Crippen LogP contribution in [0.3, 0.4) is 0 Å². The highest BCUT2D eigenvalue weighted by Gasteiger charge is 2.17. The molecule has 4 heteroatoms. The smallest absolute Gasteiger partial charge is 0.151 e. The summed E-state index contributed by atoms with van der Waals surface area (Å²) in [6.45, 7) is 3.63. The third kappa shape index (κ3) is 3.80. The summed E-state index contributed by atoms with van der Waals surface area (Å²) in [6, 6.07) is 0.502. The molecule has 3 nitrogen and oxygen atoms in total. The fraction of sp³-hybridized carbons (Fsp3) is 0.800. The molecule has 14 heavy (non-hydrogen) atoms. The van der Waals surface area contributed by atoms with Gasteiger partial charge in [-0.05, 0) is 19.8 Å². The lowest BCUT2D eigenvalue weighted by Crippen LogP contribution is -2.39. The Morgan fingerprint density at radius 3 is 2.50 bits per heavy atom. The average molecular weight is 217 g/mol. The van der Waals surface area contributed by atoms with Crippen molar-refractivity contribution in [3.05, 3.63) is 12.2 Å². The maximum atomic E-state index is 11.3. The monoisotopic (exact) mass is 217 g/mol. The van der Waals surface area contributed by atoms with Crippen LogP contribution in [-0.4, -0.2) is 32.0 Å². The van der Waals surface area contributed by atoms with E-state index in [1.165, 1.54) is 0 Å². The van der Waals surface area contributed by atoms with Gasteiger partial charge in [-0.2, -0.15) is 0 Å². The van der Waals surface area contributed by atoms with Gasteiger partial charge in [-0.15, -0.1) is 0 Å². The Morgan fingerprint density at radius 2 is 2.00 bits per heavy atom. The van der Waals surface area contributed by atoms with E-state index in [1.807, 2.05) is 6.92 Å². The van der Waals surface area contributed by atoms with Crippen LogP contribution in [0.5, 0.6) is 0 Å². The molecular formula is C10H19NO2S. The van der Waals surface area contributed by atoms with Crippen molar-refractivity contribution < 1.29 is 8.42 Å². The summed E-state index contributed by atoms with van der Waals surface area (Å²) >= 11 is 0. The Morgan fingerprint density at radius 1 is 1.43 bits per heavy atom. The molecule has 1 aliphatic carbocycles. The molecule has 0 amide bonds. The van der Waals surface area contributed by atoms with Gasteiger partial charge in [0.25, 0.3) is 0 Å². The van der Waals surface area contributed by atoms with E-state index < -0.39 is 9.84 Å². The summed E-state index contributed by atoms with van der Waals surface area (Å²) in [5.41, 5.74) is 0. The van der Waals surface area contributed by atoms with Crippen LogP contribution in [0.15, 0.2) is 12.2 Å². The lowest BCUT2D eigenvalue weighted by molar-refractivity contribution is 0.478. The molecule has 0 aromatic carbocycles. The van der Waals surface area contributed by atoms with E-state index in [4.69, 9.17) is 0 Å². The molecule has 0 saturated heterocycles. The summed E-state index contributed by atoms with van der Waals surface area (Å²) < 4.78 is 22.7. The fourth-order valence-electron chi connectivity index (χ4n) is 1.70. The second-order valence-corrected chi connectivity index (χ2v) is 6.30. The van der Waals surface area contributed by atoms with Gasteiger partial charge < -0.3 is 5.32 Å². The van der Waals surface area contributed by atoms with Gasteiger partial charge in [-0.3, -0.25) is 0 Å². The average Bonchev–Trinajstić information content (AvgIpc) is 2.55. The SMILES string of the molecule is CCS(=O)(=O)CC(C)NC1CC=CC1. The van der Waals surface area contributed by atoms with Gasteiger partial charge >= 0.3 is 0 Å². The van der Waals surface area contributed by atoms with Crippen LogP contribution in [0, 0.1) is 0 Å². The van der Waals surface area contributed by atoms with Crippen molar-refractivity contribution in [2.24, 2.45) is 0 Å². The largest absolute Gasteiger partial charge is 0.310 e. The van der Waals surface area contributed by atoms with Crippen LogP contribution in [0.2, 0.25) is 0 Å². The van der Waals surface area contributed by atoms with Gasteiger partial charge in [0.2, 0.25) is 0 Å². The highest BCUT2D eigenvalue weighted by atomic mass is 32.2. The van der Waals surface area contributed by atoms with Crippen molar-refractivity contribution in [1.82, 2.24) is 5.32 Å². The Bertz CT molecular complexity index is 287. The van der Waals surface area contributed by atoms with Crippen molar-refractivity contribution in [3.63, 3.8) is 0 Å². The van der Waals surface area contributed by atoms with Gasteiger partial charge in [-0.25, -0.2) is 8.42 Å². The Hall–Kier alpha value is -0.350. The molecule has 0 bridgehead atoms. The number of hydrogen-bond donors (Lipinski definition) is 1.